The lowest BCUT2D eigenvalue weighted by molar-refractivity contribution is -0.116. The number of rotatable bonds is 5. The predicted octanol–water partition coefficient (Wildman–Crippen LogP) is 4.94. The molecule has 0 spiro atoms. The van der Waals surface area contributed by atoms with Crippen LogP contribution in [0.25, 0.3) is 17.3 Å². The predicted molar refractivity (Wildman–Crippen MR) is 119 cm³/mol. The van der Waals surface area contributed by atoms with Gasteiger partial charge in [-0.1, -0.05) is 35.9 Å². The summed E-state index contributed by atoms with van der Waals surface area (Å²) in [6.07, 6.45) is 4.52. The number of phenols is 1. The van der Waals surface area contributed by atoms with E-state index in [1.54, 1.807) is 12.1 Å². The Morgan fingerprint density at radius 1 is 1.10 bits per heavy atom. The van der Waals surface area contributed by atoms with Crippen molar-refractivity contribution in [3.63, 3.8) is 0 Å². The van der Waals surface area contributed by atoms with Gasteiger partial charge in [0.25, 0.3) is 0 Å². The SMILES string of the molecule is CC(C)=Cc1nc2c(nc1NC(=O)CCc1ccccc1)CCc1cc(O)ccc1-2. The van der Waals surface area contributed by atoms with E-state index in [4.69, 9.17) is 9.97 Å². The van der Waals surface area contributed by atoms with Crippen LogP contribution in [-0.4, -0.2) is 21.0 Å². The summed E-state index contributed by atoms with van der Waals surface area (Å²) < 4.78 is 0. The number of nitrogens with zero attached hydrogens (tertiary/aromatic N) is 2. The normalized spacial score (nSPS) is 11.9. The van der Waals surface area contributed by atoms with E-state index in [1.807, 2.05) is 56.3 Å². The standard InChI is InChI=1S/C25H25N3O2/c1-16(2)14-22-25(28-23(30)13-8-17-6-4-3-5-7-17)27-21-12-9-18-15-19(29)10-11-20(18)24(21)26-22/h3-7,10-11,14-15,29H,8-9,12-13H2,1-2H3,(H,27,28,30). The van der Waals surface area contributed by atoms with Crippen LogP contribution in [0.1, 0.15) is 42.8 Å². The number of carbonyl (C=O) groups is 1. The fraction of sp³-hybridized carbons (Fsp3) is 0.240. The third-order valence-electron chi connectivity index (χ3n) is 5.14. The van der Waals surface area contributed by atoms with E-state index in [2.05, 4.69) is 5.32 Å². The van der Waals surface area contributed by atoms with Crippen molar-refractivity contribution < 1.29 is 9.90 Å². The van der Waals surface area contributed by atoms with Gasteiger partial charge < -0.3 is 10.4 Å². The lowest BCUT2D eigenvalue weighted by atomic mass is 9.91. The fourth-order valence-corrected chi connectivity index (χ4v) is 3.71. The van der Waals surface area contributed by atoms with Crippen molar-refractivity contribution in [1.29, 1.82) is 0 Å². The van der Waals surface area contributed by atoms with E-state index in [-0.39, 0.29) is 11.7 Å². The molecule has 1 aliphatic carbocycles. The summed E-state index contributed by atoms with van der Waals surface area (Å²) in [5.74, 6) is 0.699. The van der Waals surface area contributed by atoms with Crippen molar-refractivity contribution >= 4 is 17.8 Å². The van der Waals surface area contributed by atoms with Crippen LogP contribution in [0.4, 0.5) is 5.82 Å². The first-order valence-electron chi connectivity index (χ1n) is 10.2. The highest BCUT2D eigenvalue weighted by Crippen LogP contribution is 2.34. The van der Waals surface area contributed by atoms with Gasteiger partial charge in [-0.05, 0) is 68.5 Å². The molecule has 3 aromatic rings. The van der Waals surface area contributed by atoms with Crippen molar-refractivity contribution in [2.45, 2.75) is 39.5 Å². The molecule has 1 heterocycles. The summed E-state index contributed by atoms with van der Waals surface area (Å²) >= 11 is 0. The van der Waals surface area contributed by atoms with Crippen LogP contribution in [0, 0.1) is 0 Å². The zero-order chi connectivity index (χ0) is 21.1. The first kappa shape index (κ1) is 19.8. The molecule has 1 amide bonds. The molecule has 0 unspecified atom stereocenters. The molecule has 152 valence electrons. The van der Waals surface area contributed by atoms with Crippen LogP contribution in [0.3, 0.4) is 0 Å². The summed E-state index contributed by atoms with van der Waals surface area (Å²) in [5, 5.41) is 12.8. The maximum Gasteiger partial charge on any atom is 0.225 e. The van der Waals surface area contributed by atoms with Crippen LogP contribution >= 0.6 is 0 Å². The van der Waals surface area contributed by atoms with Gasteiger partial charge in [0.2, 0.25) is 5.91 Å². The molecule has 5 heteroatoms. The molecule has 0 saturated carbocycles. The number of allylic oxidation sites excluding steroid dienone is 1. The quantitative estimate of drug-likeness (QED) is 0.637. The van der Waals surface area contributed by atoms with Gasteiger partial charge in [-0.25, -0.2) is 9.97 Å². The fourth-order valence-electron chi connectivity index (χ4n) is 3.71. The number of fused-ring (bicyclic) bond motifs is 3. The lowest BCUT2D eigenvalue weighted by Gasteiger charge is -2.20. The highest BCUT2D eigenvalue weighted by atomic mass is 16.3. The van der Waals surface area contributed by atoms with Crippen molar-refractivity contribution in [2.75, 3.05) is 5.32 Å². The first-order chi connectivity index (χ1) is 14.5. The van der Waals surface area contributed by atoms with E-state index in [9.17, 15) is 9.90 Å². The summed E-state index contributed by atoms with van der Waals surface area (Å²) in [6.45, 7) is 3.99. The molecule has 0 aliphatic heterocycles. The number of nitrogens with one attached hydrogen (secondary N) is 1. The number of aryl methyl sites for hydroxylation is 3. The Morgan fingerprint density at radius 3 is 2.67 bits per heavy atom. The molecular formula is C25H25N3O2. The Labute approximate surface area is 176 Å². The lowest BCUT2D eigenvalue weighted by Crippen LogP contribution is -2.17. The topological polar surface area (TPSA) is 75.1 Å². The minimum absolute atomic E-state index is 0.0716. The number of anilines is 1. The van der Waals surface area contributed by atoms with Gasteiger partial charge >= 0.3 is 0 Å². The van der Waals surface area contributed by atoms with Crippen LogP contribution in [-0.2, 0) is 24.1 Å². The van der Waals surface area contributed by atoms with Crippen LogP contribution in [0.5, 0.6) is 5.75 Å². The number of aromatic nitrogens is 2. The zero-order valence-corrected chi connectivity index (χ0v) is 17.3. The van der Waals surface area contributed by atoms with Crippen LogP contribution in [0.15, 0.2) is 54.1 Å². The van der Waals surface area contributed by atoms with Crippen molar-refractivity contribution in [2.24, 2.45) is 0 Å². The molecule has 0 radical (unpaired) electrons. The second-order valence-electron chi connectivity index (χ2n) is 7.85. The van der Waals surface area contributed by atoms with Gasteiger partial charge in [-0.2, -0.15) is 0 Å². The van der Waals surface area contributed by atoms with Crippen LogP contribution < -0.4 is 5.32 Å². The molecule has 2 aromatic carbocycles. The molecule has 0 atom stereocenters. The summed E-state index contributed by atoms with van der Waals surface area (Å²) in [7, 11) is 0. The van der Waals surface area contributed by atoms with Gasteiger partial charge in [-0.3, -0.25) is 4.79 Å². The number of carbonyl (C=O) groups excluding carboxylic acids is 1. The average molecular weight is 399 g/mol. The molecule has 5 nitrogen and oxygen atoms in total. The van der Waals surface area contributed by atoms with Gasteiger partial charge in [0.15, 0.2) is 5.82 Å². The van der Waals surface area contributed by atoms with E-state index < -0.39 is 0 Å². The molecule has 1 aliphatic rings. The second-order valence-corrected chi connectivity index (χ2v) is 7.85. The molecule has 30 heavy (non-hydrogen) atoms. The maximum absolute atomic E-state index is 12.6. The second kappa shape index (κ2) is 8.49. The Kier molecular flexibility index (Phi) is 5.61. The number of benzene rings is 2. The van der Waals surface area contributed by atoms with Crippen LogP contribution in [0.2, 0.25) is 0 Å². The highest BCUT2D eigenvalue weighted by Gasteiger charge is 2.22. The summed E-state index contributed by atoms with van der Waals surface area (Å²) in [6, 6.07) is 15.3. The third-order valence-corrected chi connectivity index (χ3v) is 5.14. The van der Waals surface area contributed by atoms with E-state index in [1.165, 1.54) is 0 Å². The summed E-state index contributed by atoms with van der Waals surface area (Å²) in [4.78, 5) is 22.2. The molecule has 0 bridgehead atoms. The molecule has 4 rings (SSSR count). The molecule has 0 fully saturated rings. The number of hydrogen-bond acceptors (Lipinski definition) is 4. The molecule has 2 N–H and O–H groups in total. The van der Waals surface area contributed by atoms with E-state index in [0.717, 1.165) is 46.5 Å². The number of aromatic hydroxyl groups is 1. The van der Waals surface area contributed by atoms with Gasteiger partial charge in [0.05, 0.1) is 11.4 Å². The number of phenolic OH excluding ortho intramolecular Hbond substituents is 1. The Balaban J connectivity index is 1.62. The largest absolute Gasteiger partial charge is 0.508 e. The van der Waals surface area contributed by atoms with Gasteiger partial charge in [0, 0.05) is 12.0 Å². The smallest absolute Gasteiger partial charge is 0.225 e. The van der Waals surface area contributed by atoms with Crippen molar-refractivity contribution in [3.8, 4) is 17.0 Å². The number of amides is 1. The monoisotopic (exact) mass is 399 g/mol. The minimum Gasteiger partial charge on any atom is -0.508 e. The average Bonchev–Trinajstić information content (AvgIpc) is 2.73. The third kappa shape index (κ3) is 4.40. The Hall–Kier alpha value is -3.47. The van der Waals surface area contributed by atoms with Crippen molar-refractivity contribution in [1.82, 2.24) is 9.97 Å². The van der Waals surface area contributed by atoms with E-state index in [0.29, 0.717) is 24.4 Å². The highest BCUT2D eigenvalue weighted by molar-refractivity contribution is 5.92. The number of hydrogen-bond donors (Lipinski definition) is 2. The molecular weight excluding hydrogens is 374 g/mol. The van der Waals surface area contributed by atoms with Crippen molar-refractivity contribution in [3.05, 3.63) is 76.6 Å². The zero-order valence-electron chi connectivity index (χ0n) is 17.3. The molecule has 1 aromatic heterocycles. The van der Waals surface area contributed by atoms with Gasteiger partial charge in [0.1, 0.15) is 11.4 Å². The first-order valence-corrected chi connectivity index (χ1v) is 10.2. The molecule has 0 saturated heterocycles. The Morgan fingerprint density at radius 2 is 1.90 bits per heavy atom. The summed E-state index contributed by atoms with van der Waals surface area (Å²) in [5.41, 5.74) is 6.62. The van der Waals surface area contributed by atoms with Gasteiger partial charge in [-0.15, -0.1) is 0 Å². The van der Waals surface area contributed by atoms with E-state index >= 15 is 0 Å². The maximum atomic E-state index is 12.6. The Bertz CT molecular complexity index is 1120. The minimum atomic E-state index is -0.0716.